The Morgan fingerprint density at radius 2 is 1.83 bits per heavy atom. The maximum Gasteiger partial charge on any atom is 0.487 e. The zero-order chi connectivity index (χ0) is 25.9. The molecule has 0 radical (unpaired) electrons. The third kappa shape index (κ3) is 3.72. The van der Waals surface area contributed by atoms with Crippen molar-refractivity contribution >= 4 is 30.3 Å². The molecule has 0 unspecified atom stereocenters. The number of carbonyl (C=O) groups is 2. The minimum absolute atomic E-state index is 0.183. The number of nitrogens with zero attached hydrogens (tertiary/aromatic N) is 2. The standard InChI is InChI=1S/C26H27BN2O7/c1-4-15-10-20-22(26(32)28(25(20)31)17-6-5-7-18(11-17)29(34)35)19-12-21(36-27(33)23(15)19)16-8-13(2)24(30)14(3)9-16/h5-9,11,19-22,30,33H,4,10,12H2,1-3H3/t19-,20-,21-,22+/m0/s1. The molecule has 3 aliphatic rings. The monoisotopic (exact) mass is 490 g/mol. The molecule has 2 N–H and O–H groups in total. The first kappa shape index (κ1) is 24.2. The summed E-state index contributed by atoms with van der Waals surface area (Å²) in [5.41, 5.74) is 3.72. The molecule has 1 aliphatic carbocycles. The molecule has 5 rings (SSSR count). The number of carbonyl (C=O) groups excluding carboxylic acids is 2. The van der Waals surface area contributed by atoms with Gasteiger partial charge in [0, 0.05) is 12.1 Å². The van der Waals surface area contributed by atoms with Crippen molar-refractivity contribution in [2.75, 3.05) is 4.90 Å². The molecule has 2 amide bonds. The summed E-state index contributed by atoms with van der Waals surface area (Å²) in [6.07, 6.45) is 0.808. The average molecular weight is 490 g/mol. The molecular formula is C26H27BN2O7. The average Bonchev–Trinajstić information content (AvgIpc) is 3.11. The predicted molar refractivity (Wildman–Crippen MR) is 132 cm³/mol. The Labute approximate surface area is 208 Å². The number of aromatic hydroxyl groups is 1. The van der Waals surface area contributed by atoms with E-state index in [0.29, 0.717) is 35.9 Å². The van der Waals surface area contributed by atoms with E-state index in [2.05, 4.69) is 0 Å². The lowest BCUT2D eigenvalue weighted by Gasteiger charge is -2.42. The van der Waals surface area contributed by atoms with Gasteiger partial charge in [0.25, 0.3) is 5.69 Å². The summed E-state index contributed by atoms with van der Waals surface area (Å²) in [6.45, 7) is 5.53. The highest BCUT2D eigenvalue weighted by atomic mass is 16.6. The SMILES string of the molecule is CCC1=C2B(O)O[C@H](c3cc(C)c(O)c(C)c3)C[C@H]2[C@H]2C(=O)N(c3cccc([N+](=O)[O-])c3)C(=O)[C@H]2C1. The van der Waals surface area contributed by atoms with Crippen molar-refractivity contribution in [2.45, 2.75) is 46.1 Å². The molecule has 36 heavy (non-hydrogen) atoms. The first-order chi connectivity index (χ1) is 17.1. The van der Waals surface area contributed by atoms with Gasteiger partial charge in [0.05, 0.1) is 28.6 Å². The second-order valence-corrected chi connectivity index (χ2v) is 9.86. The van der Waals surface area contributed by atoms with Gasteiger partial charge in [-0.1, -0.05) is 18.6 Å². The van der Waals surface area contributed by atoms with Crippen molar-refractivity contribution in [1.82, 2.24) is 0 Å². The fourth-order valence-electron chi connectivity index (χ4n) is 6.14. The number of rotatable bonds is 4. The Balaban J connectivity index is 1.54. The predicted octanol–water partition coefficient (Wildman–Crippen LogP) is 3.93. The molecule has 9 nitrogen and oxygen atoms in total. The molecule has 2 fully saturated rings. The van der Waals surface area contributed by atoms with Gasteiger partial charge in [-0.2, -0.15) is 0 Å². The van der Waals surface area contributed by atoms with E-state index >= 15 is 0 Å². The highest BCUT2D eigenvalue weighted by Gasteiger charge is 2.58. The number of nitro groups is 1. The van der Waals surface area contributed by atoms with E-state index < -0.39 is 41.8 Å². The number of phenolic OH excluding ortho intramolecular Hbond substituents is 1. The van der Waals surface area contributed by atoms with Crippen LogP contribution in [0.1, 0.15) is 49.0 Å². The second-order valence-electron chi connectivity index (χ2n) is 9.86. The van der Waals surface area contributed by atoms with E-state index in [9.17, 15) is 29.8 Å². The van der Waals surface area contributed by atoms with Crippen LogP contribution >= 0.6 is 0 Å². The van der Waals surface area contributed by atoms with E-state index in [-0.39, 0.29) is 23.0 Å². The Kier molecular flexibility index (Phi) is 5.96. The quantitative estimate of drug-likeness (QED) is 0.287. The number of allylic oxidation sites excluding steroid dienone is 2. The fraction of sp³-hybridized carbons (Fsp3) is 0.385. The van der Waals surface area contributed by atoms with Gasteiger partial charge in [0.2, 0.25) is 11.8 Å². The third-order valence-corrected chi connectivity index (χ3v) is 7.82. The number of anilines is 1. The van der Waals surface area contributed by atoms with Crippen molar-refractivity contribution in [3.8, 4) is 5.75 Å². The van der Waals surface area contributed by atoms with Crippen LogP contribution in [0.5, 0.6) is 5.75 Å². The molecule has 0 aromatic heterocycles. The number of phenols is 1. The number of fused-ring (bicyclic) bond motifs is 3. The smallest absolute Gasteiger partial charge is 0.487 e. The second kappa shape index (κ2) is 8.87. The fourth-order valence-corrected chi connectivity index (χ4v) is 6.14. The molecule has 0 bridgehead atoms. The highest BCUT2D eigenvalue weighted by Crippen LogP contribution is 2.52. The maximum atomic E-state index is 13.7. The van der Waals surface area contributed by atoms with Gasteiger partial charge in [-0.05, 0) is 79.4 Å². The lowest BCUT2D eigenvalue weighted by Crippen LogP contribution is -2.44. The highest BCUT2D eigenvalue weighted by molar-refractivity contribution is 6.53. The summed E-state index contributed by atoms with van der Waals surface area (Å²) in [5, 5.41) is 32.5. The Bertz CT molecular complexity index is 1300. The Morgan fingerprint density at radius 3 is 2.47 bits per heavy atom. The summed E-state index contributed by atoms with van der Waals surface area (Å²) in [5.74, 6) is -2.29. The van der Waals surface area contributed by atoms with Crippen LogP contribution in [-0.2, 0) is 14.2 Å². The number of benzene rings is 2. The topological polar surface area (TPSA) is 130 Å². The van der Waals surface area contributed by atoms with Gasteiger partial charge in [0.1, 0.15) is 5.75 Å². The molecule has 4 atom stereocenters. The number of non-ortho nitro benzene ring substituents is 1. The van der Waals surface area contributed by atoms with Crippen LogP contribution < -0.4 is 4.90 Å². The summed E-state index contributed by atoms with van der Waals surface area (Å²) >= 11 is 0. The van der Waals surface area contributed by atoms with Crippen LogP contribution in [-0.4, -0.2) is 34.0 Å². The van der Waals surface area contributed by atoms with Gasteiger partial charge in [-0.25, -0.2) is 4.90 Å². The molecule has 2 aromatic rings. The molecule has 10 heteroatoms. The minimum Gasteiger partial charge on any atom is -0.507 e. The van der Waals surface area contributed by atoms with Crippen molar-refractivity contribution in [2.24, 2.45) is 17.8 Å². The van der Waals surface area contributed by atoms with E-state index in [1.165, 1.54) is 24.3 Å². The lowest BCUT2D eigenvalue weighted by atomic mass is 9.55. The zero-order valence-electron chi connectivity index (χ0n) is 20.3. The first-order valence-corrected chi connectivity index (χ1v) is 12.1. The minimum atomic E-state index is -1.21. The van der Waals surface area contributed by atoms with Gasteiger partial charge in [-0.3, -0.25) is 19.7 Å². The summed E-state index contributed by atoms with van der Waals surface area (Å²) in [7, 11) is -1.21. The Morgan fingerprint density at radius 1 is 1.14 bits per heavy atom. The first-order valence-electron chi connectivity index (χ1n) is 12.1. The number of aryl methyl sites for hydroxylation is 2. The van der Waals surface area contributed by atoms with Gasteiger partial charge in [-0.15, -0.1) is 0 Å². The van der Waals surface area contributed by atoms with Crippen molar-refractivity contribution in [3.05, 3.63) is 74.2 Å². The molecule has 0 spiro atoms. The number of amides is 2. The number of hydrogen-bond donors (Lipinski definition) is 2. The van der Waals surface area contributed by atoms with Gasteiger partial charge >= 0.3 is 7.12 Å². The third-order valence-electron chi connectivity index (χ3n) is 7.82. The van der Waals surface area contributed by atoms with E-state index in [1.54, 1.807) is 13.8 Å². The molecule has 186 valence electrons. The zero-order valence-corrected chi connectivity index (χ0v) is 20.3. The van der Waals surface area contributed by atoms with Crippen LogP contribution in [0.2, 0.25) is 0 Å². The molecule has 2 heterocycles. The molecule has 0 saturated carbocycles. The number of hydrogen-bond acceptors (Lipinski definition) is 7. The van der Waals surface area contributed by atoms with Crippen molar-refractivity contribution in [1.29, 1.82) is 0 Å². The van der Waals surface area contributed by atoms with Gasteiger partial charge in [0.15, 0.2) is 0 Å². The summed E-state index contributed by atoms with van der Waals surface area (Å²) in [4.78, 5) is 39.1. The van der Waals surface area contributed by atoms with Gasteiger partial charge < -0.3 is 14.8 Å². The summed E-state index contributed by atoms with van der Waals surface area (Å²) in [6, 6.07) is 9.17. The molecule has 2 aromatic carbocycles. The molecule has 2 aliphatic heterocycles. The van der Waals surface area contributed by atoms with E-state index in [0.717, 1.165) is 16.0 Å². The molecular weight excluding hydrogens is 463 g/mol. The van der Waals surface area contributed by atoms with Crippen LogP contribution in [0.15, 0.2) is 47.4 Å². The molecule has 2 saturated heterocycles. The van der Waals surface area contributed by atoms with Crippen molar-refractivity contribution < 1.29 is 29.3 Å². The number of imide groups is 1. The van der Waals surface area contributed by atoms with E-state index in [4.69, 9.17) is 4.65 Å². The number of nitro benzene ring substituents is 1. The Hall–Kier alpha value is -3.50. The largest absolute Gasteiger partial charge is 0.507 e. The lowest BCUT2D eigenvalue weighted by molar-refractivity contribution is -0.384. The van der Waals surface area contributed by atoms with Crippen LogP contribution in [0, 0.1) is 41.7 Å². The normalized spacial score (nSPS) is 25.8. The van der Waals surface area contributed by atoms with Crippen LogP contribution in [0.3, 0.4) is 0 Å². The summed E-state index contributed by atoms with van der Waals surface area (Å²) < 4.78 is 6.02. The van der Waals surface area contributed by atoms with Crippen molar-refractivity contribution in [3.63, 3.8) is 0 Å². The van der Waals surface area contributed by atoms with Crippen LogP contribution in [0.4, 0.5) is 11.4 Å². The van der Waals surface area contributed by atoms with E-state index in [1.807, 2.05) is 19.1 Å². The van der Waals surface area contributed by atoms with Crippen LogP contribution in [0.25, 0.3) is 0 Å². The maximum absolute atomic E-state index is 13.7.